The van der Waals surface area contributed by atoms with E-state index in [4.69, 9.17) is 23.2 Å². The van der Waals surface area contributed by atoms with E-state index in [-0.39, 0.29) is 21.4 Å². The number of carbonyl (C=O) groups is 1. The summed E-state index contributed by atoms with van der Waals surface area (Å²) < 4.78 is 23.5. The minimum Gasteiger partial charge on any atom is -0.368 e. The van der Waals surface area contributed by atoms with Gasteiger partial charge in [0, 0.05) is 43.1 Å². The first-order valence-electron chi connectivity index (χ1n) is 8.47. The summed E-state index contributed by atoms with van der Waals surface area (Å²) in [5.74, 6) is -0.257. The molecule has 0 radical (unpaired) electrons. The van der Waals surface area contributed by atoms with Crippen molar-refractivity contribution in [3.05, 3.63) is 57.6 Å². The van der Waals surface area contributed by atoms with Crippen molar-refractivity contribution in [1.82, 2.24) is 4.90 Å². The van der Waals surface area contributed by atoms with Crippen LogP contribution in [0.3, 0.4) is 0 Å². The van der Waals surface area contributed by atoms with Crippen LogP contribution in [-0.4, -0.2) is 51.7 Å². The zero-order chi connectivity index (χ0) is 19.8. The zero-order valence-corrected chi connectivity index (χ0v) is 17.4. The molecule has 0 spiro atoms. The number of hydrogen-bond donors (Lipinski definition) is 0. The van der Waals surface area contributed by atoms with E-state index in [1.807, 2.05) is 25.1 Å². The van der Waals surface area contributed by atoms with Crippen molar-refractivity contribution in [2.45, 2.75) is 11.8 Å². The number of rotatable bonds is 3. The topological polar surface area (TPSA) is 57.7 Å². The number of halogens is 2. The Labute approximate surface area is 169 Å². The molecule has 0 saturated carbocycles. The van der Waals surface area contributed by atoms with Crippen LogP contribution < -0.4 is 4.90 Å². The molecule has 1 fully saturated rings. The maximum Gasteiger partial charge on any atom is 0.255 e. The van der Waals surface area contributed by atoms with Crippen LogP contribution in [0.5, 0.6) is 0 Å². The molecule has 0 atom stereocenters. The molecule has 1 heterocycles. The lowest BCUT2D eigenvalue weighted by Gasteiger charge is -2.37. The number of benzene rings is 2. The van der Waals surface area contributed by atoms with E-state index in [1.54, 1.807) is 4.90 Å². The lowest BCUT2D eigenvalue weighted by Crippen LogP contribution is -2.49. The first-order chi connectivity index (χ1) is 12.7. The van der Waals surface area contributed by atoms with Crippen molar-refractivity contribution in [1.29, 1.82) is 0 Å². The number of carbonyl (C=O) groups excluding carboxylic acids is 1. The maximum atomic E-state index is 12.9. The highest BCUT2D eigenvalue weighted by molar-refractivity contribution is 7.90. The third-order valence-electron chi connectivity index (χ3n) is 4.68. The molecular formula is C19H20Cl2N2O3S. The van der Waals surface area contributed by atoms with Crippen LogP contribution in [0, 0.1) is 6.92 Å². The number of sulfone groups is 1. The Kier molecular flexibility index (Phi) is 5.70. The summed E-state index contributed by atoms with van der Waals surface area (Å²) in [6.45, 7) is 4.39. The predicted molar refractivity (Wildman–Crippen MR) is 109 cm³/mol. The van der Waals surface area contributed by atoms with Gasteiger partial charge in [0.25, 0.3) is 5.91 Å². The van der Waals surface area contributed by atoms with Gasteiger partial charge in [-0.1, -0.05) is 29.3 Å². The summed E-state index contributed by atoms with van der Waals surface area (Å²) in [5, 5.41) is 0.930. The van der Waals surface area contributed by atoms with Crippen LogP contribution >= 0.6 is 23.2 Å². The van der Waals surface area contributed by atoms with E-state index in [2.05, 4.69) is 4.90 Å². The van der Waals surface area contributed by atoms with E-state index in [9.17, 15) is 13.2 Å². The second kappa shape index (κ2) is 7.70. The first-order valence-corrected chi connectivity index (χ1v) is 11.1. The lowest BCUT2D eigenvalue weighted by molar-refractivity contribution is 0.0746. The summed E-state index contributed by atoms with van der Waals surface area (Å²) in [6, 6.07) is 9.99. The van der Waals surface area contributed by atoms with Crippen molar-refractivity contribution in [2.75, 3.05) is 37.3 Å². The van der Waals surface area contributed by atoms with Crippen LogP contribution in [0.4, 0.5) is 5.69 Å². The van der Waals surface area contributed by atoms with Gasteiger partial charge in [0.2, 0.25) is 0 Å². The number of amides is 1. The molecule has 2 aromatic rings. The Morgan fingerprint density at radius 2 is 1.67 bits per heavy atom. The second-order valence-corrected chi connectivity index (χ2v) is 9.48. The fourth-order valence-corrected chi connectivity index (χ4v) is 4.15. The fraction of sp³-hybridized carbons (Fsp3) is 0.316. The van der Waals surface area contributed by atoms with E-state index in [1.165, 1.54) is 18.2 Å². The van der Waals surface area contributed by atoms with Crippen molar-refractivity contribution >= 4 is 44.6 Å². The normalized spacial score (nSPS) is 15.1. The molecule has 1 aliphatic rings. The average molecular weight is 427 g/mol. The molecule has 0 aliphatic carbocycles. The van der Waals surface area contributed by atoms with Gasteiger partial charge in [-0.05, 0) is 42.8 Å². The van der Waals surface area contributed by atoms with E-state index >= 15 is 0 Å². The molecule has 2 aromatic carbocycles. The molecule has 0 aromatic heterocycles. The standard InChI is InChI=1S/C19H20Cl2N2O3S/c1-13-3-4-14(20)11-18(13)22-7-9-23(10-8-22)19(24)16-12-15(27(2,25)26)5-6-17(16)21/h3-6,11-12H,7-10H2,1-2H3. The molecule has 144 valence electrons. The third-order valence-corrected chi connectivity index (χ3v) is 6.35. The third kappa shape index (κ3) is 4.39. The van der Waals surface area contributed by atoms with Gasteiger partial charge in [0.15, 0.2) is 9.84 Å². The maximum absolute atomic E-state index is 12.9. The van der Waals surface area contributed by atoms with Gasteiger partial charge in [0.1, 0.15) is 0 Å². The van der Waals surface area contributed by atoms with Gasteiger partial charge in [-0.25, -0.2) is 8.42 Å². The summed E-state index contributed by atoms with van der Waals surface area (Å²) >= 11 is 12.3. The lowest BCUT2D eigenvalue weighted by atomic mass is 10.1. The minimum absolute atomic E-state index is 0.0865. The van der Waals surface area contributed by atoms with Crippen LogP contribution in [0.15, 0.2) is 41.3 Å². The Balaban J connectivity index is 1.77. The Bertz CT molecular complexity index is 984. The monoisotopic (exact) mass is 426 g/mol. The molecule has 8 heteroatoms. The number of nitrogens with zero attached hydrogens (tertiary/aromatic N) is 2. The summed E-state index contributed by atoms with van der Waals surface area (Å²) in [7, 11) is -3.41. The molecule has 5 nitrogen and oxygen atoms in total. The smallest absolute Gasteiger partial charge is 0.255 e. The van der Waals surface area contributed by atoms with Crippen LogP contribution in [0.1, 0.15) is 15.9 Å². The van der Waals surface area contributed by atoms with Gasteiger partial charge < -0.3 is 9.80 Å². The summed E-state index contributed by atoms with van der Waals surface area (Å²) in [4.78, 5) is 16.8. The average Bonchev–Trinajstić information content (AvgIpc) is 2.63. The Hall–Kier alpha value is -1.76. The van der Waals surface area contributed by atoms with Crippen molar-refractivity contribution in [3.63, 3.8) is 0 Å². The van der Waals surface area contributed by atoms with Crippen molar-refractivity contribution < 1.29 is 13.2 Å². The van der Waals surface area contributed by atoms with Crippen molar-refractivity contribution in [3.8, 4) is 0 Å². The molecule has 27 heavy (non-hydrogen) atoms. The highest BCUT2D eigenvalue weighted by Crippen LogP contribution is 2.27. The Morgan fingerprint density at radius 3 is 2.30 bits per heavy atom. The van der Waals surface area contributed by atoms with Crippen LogP contribution in [0.2, 0.25) is 10.0 Å². The molecule has 0 N–H and O–H groups in total. The van der Waals surface area contributed by atoms with E-state index < -0.39 is 9.84 Å². The van der Waals surface area contributed by atoms with Gasteiger partial charge in [-0.2, -0.15) is 0 Å². The SMILES string of the molecule is Cc1ccc(Cl)cc1N1CCN(C(=O)c2cc(S(C)(=O)=O)ccc2Cl)CC1. The fourth-order valence-electron chi connectivity index (χ4n) is 3.14. The van der Waals surface area contributed by atoms with Gasteiger partial charge in [0.05, 0.1) is 15.5 Å². The number of hydrogen-bond acceptors (Lipinski definition) is 4. The van der Waals surface area contributed by atoms with E-state index in [0.29, 0.717) is 31.2 Å². The molecule has 1 saturated heterocycles. The van der Waals surface area contributed by atoms with Gasteiger partial charge >= 0.3 is 0 Å². The number of anilines is 1. The summed E-state index contributed by atoms with van der Waals surface area (Å²) in [6.07, 6.45) is 1.11. The number of aryl methyl sites for hydroxylation is 1. The highest BCUT2D eigenvalue weighted by atomic mass is 35.5. The summed E-state index contributed by atoms with van der Waals surface area (Å²) in [5.41, 5.74) is 2.40. The minimum atomic E-state index is -3.41. The number of piperazine rings is 1. The molecule has 3 rings (SSSR count). The molecule has 0 bridgehead atoms. The zero-order valence-electron chi connectivity index (χ0n) is 15.1. The van der Waals surface area contributed by atoms with Crippen molar-refractivity contribution in [2.24, 2.45) is 0 Å². The highest BCUT2D eigenvalue weighted by Gasteiger charge is 2.25. The Morgan fingerprint density at radius 1 is 1.00 bits per heavy atom. The molecule has 1 amide bonds. The molecular weight excluding hydrogens is 407 g/mol. The molecule has 0 unspecified atom stereocenters. The van der Waals surface area contributed by atoms with Crippen LogP contribution in [-0.2, 0) is 9.84 Å². The van der Waals surface area contributed by atoms with Gasteiger partial charge in [-0.3, -0.25) is 4.79 Å². The second-order valence-electron chi connectivity index (χ2n) is 6.62. The van der Waals surface area contributed by atoms with Crippen LogP contribution in [0.25, 0.3) is 0 Å². The van der Waals surface area contributed by atoms with E-state index in [0.717, 1.165) is 17.5 Å². The molecule has 1 aliphatic heterocycles. The predicted octanol–water partition coefficient (Wildman–Crippen LogP) is 3.67. The quantitative estimate of drug-likeness (QED) is 0.750. The van der Waals surface area contributed by atoms with Gasteiger partial charge in [-0.15, -0.1) is 0 Å². The largest absolute Gasteiger partial charge is 0.368 e. The first kappa shape index (κ1) is 20.0.